The number of amides is 1. The normalized spacial score (nSPS) is 17.3. The summed E-state index contributed by atoms with van der Waals surface area (Å²) in [5, 5.41) is 0.965. The van der Waals surface area contributed by atoms with Crippen molar-refractivity contribution in [2.75, 3.05) is 25.4 Å². The minimum atomic E-state index is -0.238. The van der Waals surface area contributed by atoms with Gasteiger partial charge in [0.2, 0.25) is 5.91 Å². The quantitative estimate of drug-likeness (QED) is 0.390. The second-order valence-corrected chi connectivity index (χ2v) is 7.71. The van der Waals surface area contributed by atoms with Crippen LogP contribution in [0.5, 0.6) is 0 Å². The largest absolute Gasteiger partial charge is 0.398 e. The zero-order valence-electron chi connectivity index (χ0n) is 17.2. The van der Waals surface area contributed by atoms with Crippen LogP contribution in [0.15, 0.2) is 73.5 Å². The standard InChI is InChI=1S/C25H25FN4O/c1-2-22-17-29(16-18-5-8-21(26)9-6-18)12-13-30(22)25(31)10-7-19-15-24-20(14-23(19)27)4-3-11-28-24/h2-11,14-15,22H,1,12-13,16-17,27H2/b10-7+/t22-/m1/s1. The fourth-order valence-electron chi connectivity index (χ4n) is 3.89. The zero-order valence-corrected chi connectivity index (χ0v) is 17.2. The number of halogens is 1. The van der Waals surface area contributed by atoms with Crippen molar-refractivity contribution in [1.29, 1.82) is 0 Å². The van der Waals surface area contributed by atoms with Gasteiger partial charge in [0.05, 0.1) is 11.6 Å². The smallest absolute Gasteiger partial charge is 0.247 e. The van der Waals surface area contributed by atoms with Gasteiger partial charge >= 0.3 is 0 Å². The molecule has 0 aliphatic carbocycles. The summed E-state index contributed by atoms with van der Waals surface area (Å²) < 4.78 is 13.1. The van der Waals surface area contributed by atoms with Crippen molar-refractivity contribution in [3.63, 3.8) is 0 Å². The van der Waals surface area contributed by atoms with Gasteiger partial charge < -0.3 is 10.6 Å². The lowest BCUT2D eigenvalue weighted by molar-refractivity contribution is -0.129. The molecule has 6 heteroatoms. The fraction of sp³-hybridized carbons (Fsp3) is 0.200. The van der Waals surface area contributed by atoms with Gasteiger partial charge in [0, 0.05) is 49.5 Å². The number of carbonyl (C=O) groups excluding carboxylic acids is 1. The Kier molecular flexibility index (Phi) is 6.09. The van der Waals surface area contributed by atoms with E-state index < -0.39 is 0 Å². The van der Waals surface area contributed by atoms with Gasteiger partial charge in [-0.15, -0.1) is 6.58 Å². The lowest BCUT2D eigenvalue weighted by Gasteiger charge is -2.39. The molecule has 31 heavy (non-hydrogen) atoms. The number of rotatable bonds is 5. The van der Waals surface area contributed by atoms with Gasteiger partial charge in [0.1, 0.15) is 5.82 Å². The molecule has 0 bridgehead atoms. The predicted molar refractivity (Wildman–Crippen MR) is 123 cm³/mol. The summed E-state index contributed by atoms with van der Waals surface area (Å²) in [6, 6.07) is 14.0. The maximum absolute atomic E-state index is 13.1. The lowest BCUT2D eigenvalue weighted by Crippen LogP contribution is -2.53. The van der Waals surface area contributed by atoms with Crippen LogP contribution in [0.1, 0.15) is 11.1 Å². The van der Waals surface area contributed by atoms with E-state index >= 15 is 0 Å². The number of piperazine rings is 1. The highest BCUT2D eigenvalue weighted by molar-refractivity contribution is 5.95. The van der Waals surface area contributed by atoms with E-state index in [1.165, 1.54) is 12.1 Å². The number of hydrogen-bond acceptors (Lipinski definition) is 4. The molecule has 0 unspecified atom stereocenters. The number of nitrogen functional groups attached to an aromatic ring is 1. The van der Waals surface area contributed by atoms with Gasteiger partial charge in [0.15, 0.2) is 0 Å². The fourth-order valence-corrected chi connectivity index (χ4v) is 3.89. The number of nitrogens with zero attached hydrogens (tertiary/aromatic N) is 3. The van der Waals surface area contributed by atoms with E-state index in [2.05, 4.69) is 16.5 Å². The molecule has 1 amide bonds. The second-order valence-electron chi connectivity index (χ2n) is 7.71. The molecule has 2 aromatic carbocycles. The Morgan fingerprint density at radius 2 is 2.03 bits per heavy atom. The van der Waals surface area contributed by atoms with Crippen molar-refractivity contribution in [3.8, 4) is 0 Å². The summed E-state index contributed by atoms with van der Waals surface area (Å²) in [5.74, 6) is -0.315. The molecular formula is C25H25FN4O. The van der Waals surface area contributed by atoms with Crippen molar-refractivity contribution >= 4 is 28.6 Å². The first-order valence-electron chi connectivity index (χ1n) is 10.3. The second kappa shape index (κ2) is 9.10. The maximum atomic E-state index is 13.1. The average molecular weight is 417 g/mol. The summed E-state index contributed by atoms with van der Waals surface area (Å²) in [6.45, 7) is 6.64. The molecule has 5 nitrogen and oxygen atoms in total. The third-order valence-corrected chi connectivity index (χ3v) is 5.59. The van der Waals surface area contributed by atoms with Crippen molar-refractivity contribution in [2.24, 2.45) is 0 Å². The molecule has 1 aliphatic rings. The molecular weight excluding hydrogens is 391 g/mol. The topological polar surface area (TPSA) is 62.5 Å². The number of anilines is 1. The van der Waals surface area contributed by atoms with E-state index in [9.17, 15) is 9.18 Å². The highest BCUT2D eigenvalue weighted by Gasteiger charge is 2.27. The van der Waals surface area contributed by atoms with Crippen LogP contribution in [0.2, 0.25) is 0 Å². The van der Waals surface area contributed by atoms with E-state index in [1.54, 1.807) is 36.6 Å². The molecule has 2 N–H and O–H groups in total. The molecule has 0 spiro atoms. The minimum absolute atomic E-state index is 0.0770. The van der Waals surface area contributed by atoms with Crippen LogP contribution in [-0.2, 0) is 11.3 Å². The molecule has 3 aromatic rings. The Morgan fingerprint density at radius 3 is 2.81 bits per heavy atom. The molecule has 158 valence electrons. The van der Waals surface area contributed by atoms with E-state index in [0.29, 0.717) is 25.3 Å². The molecule has 0 radical (unpaired) electrons. The number of hydrogen-bond donors (Lipinski definition) is 1. The maximum Gasteiger partial charge on any atom is 0.247 e. The third kappa shape index (κ3) is 4.81. The first kappa shape index (κ1) is 20.8. The molecule has 1 aromatic heterocycles. The Bertz CT molecular complexity index is 1130. The zero-order chi connectivity index (χ0) is 21.8. The van der Waals surface area contributed by atoms with E-state index in [0.717, 1.165) is 28.6 Å². The van der Waals surface area contributed by atoms with Crippen LogP contribution in [0, 0.1) is 5.82 Å². The van der Waals surface area contributed by atoms with Crippen molar-refractivity contribution in [3.05, 3.63) is 90.4 Å². The van der Waals surface area contributed by atoms with Crippen LogP contribution in [-0.4, -0.2) is 46.4 Å². The summed E-state index contributed by atoms with van der Waals surface area (Å²) in [6.07, 6.45) is 6.84. The lowest BCUT2D eigenvalue weighted by atomic mass is 10.1. The van der Waals surface area contributed by atoms with Crippen molar-refractivity contribution < 1.29 is 9.18 Å². The molecule has 2 heterocycles. The number of fused-ring (bicyclic) bond motifs is 1. The summed E-state index contributed by atoms with van der Waals surface area (Å²) in [4.78, 5) is 21.3. The highest BCUT2D eigenvalue weighted by Crippen LogP contribution is 2.22. The van der Waals surface area contributed by atoms with Crippen LogP contribution < -0.4 is 5.73 Å². The summed E-state index contributed by atoms with van der Waals surface area (Å²) in [5.41, 5.74) is 9.41. The van der Waals surface area contributed by atoms with Crippen LogP contribution in [0.25, 0.3) is 17.0 Å². The SMILES string of the molecule is C=C[C@@H]1CN(Cc2ccc(F)cc2)CCN1C(=O)/C=C/c1cc2ncccc2cc1N. The van der Waals surface area contributed by atoms with Crippen LogP contribution in [0.3, 0.4) is 0 Å². The minimum Gasteiger partial charge on any atom is -0.398 e. The molecule has 1 saturated heterocycles. The van der Waals surface area contributed by atoms with E-state index in [-0.39, 0.29) is 17.8 Å². The van der Waals surface area contributed by atoms with Gasteiger partial charge in [-0.2, -0.15) is 0 Å². The van der Waals surface area contributed by atoms with Gasteiger partial charge in [-0.1, -0.05) is 24.3 Å². The predicted octanol–water partition coefficient (Wildman–Crippen LogP) is 3.87. The summed E-state index contributed by atoms with van der Waals surface area (Å²) >= 11 is 0. The first-order chi connectivity index (χ1) is 15.0. The number of aromatic nitrogens is 1. The molecule has 4 rings (SSSR count). The summed E-state index contributed by atoms with van der Waals surface area (Å²) in [7, 11) is 0. The Labute approximate surface area is 181 Å². The Morgan fingerprint density at radius 1 is 1.23 bits per heavy atom. The van der Waals surface area contributed by atoms with E-state index in [4.69, 9.17) is 5.73 Å². The Hall–Kier alpha value is -3.51. The van der Waals surface area contributed by atoms with Gasteiger partial charge in [-0.3, -0.25) is 14.7 Å². The highest BCUT2D eigenvalue weighted by atomic mass is 19.1. The average Bonchev–Trinajstić information content (AvgIpc) is 2.79. The number of pyridine rings is 1. The number of benzene rings is 2. The van der Waals surface area contributed by atoms with Crippen LogP contribution >= 0.6 is 0 Å². The van der Waals surface area contributed by atoms with Crippen molar-refractivity contribution in [1.82, 2.24) is 14.8 Å². The molecule has 1 aliphatic heterocycles. The molecule has 1 atom stereocenters. The third-order valence-electron chi connectivity index (χ3n) is 5.59. The number of nitrogens with two attached hydrogens (primary N) is 1. The first-order valence-corrected chi connectivity index (χ1v) is 10.3. The Balaban J connectivity index is 1.43. The molecule has 1 fully saturated rings. The number of carbonyl (C=O) groups is 1. The van der Waals surface area contributed by atoms with Gasteiger partial charge in [0.25, 0.3) is 0 Å². The molecule has 0 saturated carbocycles. The van der Waals surface area contributed by atoms with Crippen LogP contribution in [0.4, 0.5) is 10.1 Å². The van der Waals surface area contributed by atoms with Gasteiger partial charge in [-0.25, -0.2) is 4.39 Å². The van der Waals surface area contributed by atoms with E-state index in [1.807, 2.05) is 29.2 Å². The van der Waals surface area contributed by atoms with Crippen molar-refractivity contribution in [2.45, 2.75) is 12.6 Å². The van der Waals surface area contributed by atoms with Gasteiger partial charge in [-0.05, 0) is 47.5 Å². The monoisotopic (exact) mass is 416 g/mol.